The average Bonchev–Trinajstić information content (AvgIpc) is 2.52. The highest BCUT2D eigenvalue weighted by Gasteiger charge is 2.30. The fourth-order valence-electron chi connectivity index (χ4n) is 3.48. The normalized spacial score (nSPS) is 25.9. The lowest BCUT2D eigenvalue weighted by molar-refractivity contribution is -0.127. The Bertz CT molecular complexity index is 319. The van der Waals surface area contributed by atoms with E-state index < -0.39 is 0 Å². The summed E-state index contributed by atoms with van der Waals surface area (Å²) in [6.45, 7) is 5.40. The molecule has 1 N–H and O–H groups in total. The minimum atomic E-state index is 0.215. The van der Waals surface area contributed by atoms with Crippen molar-refractivity contribution >= 4 is 17.7 Å². The molecule has 0 radical (unpaired) electrons. The van der Waals surface area contributed by atoms with E-state index in [9.17, 15) is 4.79 Å². The summed E-state index contributed by atoms with van der Waals surface area (Å²) in [5.41, 5.74) is 0. The second-order valence-corrected chi connectivity index (χ2v) is 7.49. The number of nitrogens with one attached hydrogen (secondary N) is 1. The zero-order valence-corrected chi connectivity index (χ0v) is 14.5. The molecule has 4 nitrogen and oxygen atoms in total. The monoisotopic (exact) mass is 313 g/mol. The molecule has 21 heavy (non-hydrogen) atoms. The lowest BCUT2D eigenvalue weighted by atomic mass is 9.93. The SMILES string of the molecule is CSCCCNC(=O)C1CCCN(C2CCN(C)CC2)C1. The Hall–Kier alpha value is -0.260. The van der Waals surface area contributed by atoms with Gasteiger partial charge >= 0.3 is 0 Å². The summed E-state index contributed by atoms with van der Waals surface area (Å²) in [6.07, 6.45) is 7.96. The number of carbonyl (C=O) groups is 1. The molecule has 2 saturated heterocycles. The van der Waals surface area contributed by atoms with Gasteiger partial charge in [-0.3, -0.25) is 9.69 Å². The van der Waals surface area contributed by atoms with Crippen molar-refractivity contribution in [2.45, 2.75) is 38.1 Å². The largest absolute Gasteiger partial charge is 0.356 e. The number of amides is 1. The Morgan fingerprint density at radius 3 is 2.71 bits per heavy atom. The van der Waals surface area contributed by atoms with Gasteiger partial charge < -0.3 is 10.2 Å². The molecule has 2 fully saturated rings. The first-order valence-electron chi connectivity index (χ1n) is 8.40. The van der Waals surface area contributed by atoms with Crippen LogP contribution in [0, 0.1) is 5.92 Å². The molecule has 0 aromatic heterocycles. The number of hydrogen-bond acceptors (Lipinski definition) is 4. The van der Waals surface area contributed by atoms with Gasteiger partial charge in [0.05, 0.1) is 5.92 Å². The number of thioether (sulfide) groups is 1. The van der Waals surface area contributed by atoms with E-state index in [0.29, 0.717) is 6.04 Å². The van der Waals surface area contributed by atoms with Crippen LogP contribution in [0.4, 0.5) is 0 Å². The first kappa shape index (κ1) is 17.1. The van der Waals surface area contributed by atoms with Crippen molar-refractivity contribution in [3.8, 4) is 0 Å². The molecule has 0 aromatic rings. The van der Waals surface area contributed by atoms with Crippen LogP contribution in [0.2, 0.25) is 0 Å². The predicted octanol–water partition coefficient (Wildman–Crippen LogP) is 1.66. The molecule has 0 spiro atoms. The third kappa shape index (κ3) is 5.46. The lowest BCUT2D eigenvalue weighted by Crippen LogP contribution is -2.50. The van der Waals surface area contributed by atoms with Crippen LogP contribution in [-0.2, 0) is 4.79 Å². The maximum atomic E-state index is 12.3. The summed E-state index contributed by atoms with van der Waals surface area (Å²) < 4.78 is 0. The van der Waals surface area contributed by atoms with E-state index in [2.05, 4.69) is 28.4 Å². The Kier molecular flexibility index (Phi) is 7.34. The molecule has 2 aliphatic heterocycles. The fourth-order valence-corrected chi connectivity index (χ4v) is 3.92. The van der Waals surface area contributed by atoms with Crippen LogP contribution in [-0.4, -0.2) is 73.5 Å². The third-order valence-electron chi connectivity index (χ3n) is 4.85. The van der Waals surface area contributed by atoms with Crippen molar-refractivity contribution < 1.29 is 4.79 Å². The van der Waals surface area contributed by atoms with Gasteiger partial charge in [0.15, 0.2) is 0 Å². The third-order valence-corrected chi connectivity index (χ3v) is 5.55. The molecule has 1 amide bonds. The van der Waals surface area contributed by atoms with Crippen LogP contribution < -0.4 is 5.32 Å². The second kappa shape index (κ2) is 9.01. The smallest absolute Gasteiger partial charge is 0.224 e. The number of nitrogens with zero attached hydrogens (tertiary/aromatic N) is 2. The standard InChI is InChI=1S/C16H31N3OS/c1-18-10-6-15(7-11-18)19-9-3-5-14(13-19)16(20)17-8-4-12-21-2/h14-15H,3-13H2,1-2H3,(H,17,20). The van der Waals surface area contributed by atoms with Crippen LogP contribution in [0.5, 0.6) is 0 Å². The van der Waals surface area contributed by atoms with Crippen LogP contribution in [0.25, 0.3) is 0 Å². The maximum Gasteiger partial charge on any atom is 0.224 e. The van der Waals surface area contributed by atoms with Crippen LogP contribution >= 0.6 is 11.8 Å². The molecule has 2 aliphatic rings. The molecule has 0 saturated carbocycles. The lowest BCUT2D eigenvalue weighted by Gasteiger charge is -2.41. The summed E-state index contributed by atoms with van der Waals surface area (Å²) in [5.74, 6) is 1.63. The molecule has 0 aliphatic carbocycles. The van der Waals surface area contributed by atoms with Crippen molar-refractivity contribution in [3.05, 3.63) is 0 Å². The summed E-state index contributed by atoms with van der Waals surface area (Å²) in [7, 11) is 2.21. The molecule has 0 bridgehead atoms. The first-order chi connectivity index (χ1) is 10.2. The average molecular weight is 314 g/mol. The minimum absolute atomic E-state index is 0.215. The van der Waals surface area contributed by atoms with Gasteiger partial charge in [-0.1, -0.05) is 0 Å². The molecule has 5 heteroatoms. The highest BCUT2D eigenvalue weighted by Crippen LogP contribution is 2.23. The number of likely N-dealkylation sites (tertiary alicyclic amines) is 2. The summed E-state index contributed by atoms with van der Waals surface area (Å²) >= 11 is 1.84. The first-order valence-corrected chi connectivity index (χ1v) is 9.79. The van der Waals surface area contributed by atoms with Crippen LogP contribution in [0.1, 0.15) is 32.1 Å². The fraction of sp³-hybridized carbons (Fsp3) is 0.938. The number of carbonyl (C=O) groups excluding carboxylic acids is 1. The van der Waals surface area contributed by atoms with Crippen molar-refractivity contribution in [2.24, 2.45) is 5.92 Å². The van der Waals surface area contributed by atoms with Crippen molar-refractivity contribution in [2.75, 3.05) is 51.8 Å². The zero-order chi connectivity index (χ0) is 15.1. The molecule has 2 heterocycles. The highest BCUT2D eigenvalue weighted by atomic mass is 32.2. The van der Waals surface area contributed by atoms with Crippen LogP contribution in [0.3, 0.4) is 0 Å². The molecule has 2 rings (SSSR count). The van der Waals surface area contributed by atoms with Crippen LogP contribution in [0.15, 0.2) is 0 Å². The molecular weight excluding hydrogens is 282 g/mol. The van der Waals surface area contributed by atoms with Gasteiger partial charge in [0.2, 0.25) is 5.91 Å². The van der Waals surface area contributed by atoms with E-state index in [4.69, 9.17) is 0 Å². The molecule has 122 valence electrons. The van der Waals surface area contributed by atoms with E-state index in [1.165, 1.54) is 38.9 Å². The van der Waals surface area contributed by atoms with Gasteiger partial charge in [0.25, 0.3) is 0 Å². The Balaban J connectivity index is 1.73. The predicted molar refractivity (Wildman–Crippen MR) is 90.8 cm³/mol. The maximum absolute atomic E-state index is 12.3. The quantitative estimate of drug-likeness (QED) is 0.757. The van der Waals surface area contributed by atoms with Crippen molar-refractivity contribution in [1.29, 1.82) is 0 Å². The Morgan fingerprint density at radius 1 is 1.24 bits per heavy atom. The molecule has 1 unspecified atom stereocenters. The zero-order valence-electron chi connectivity index (χ0n) is 13.6. The van der Waals surface area contributed by atoms with Gasteiger partial charge in [0, 0.05) is 19.1 Å². The van der Waals surface area contributed by atoms with Gasteiger partial charge in [0.1, 0.15) is 0 Å². The van der Waals surface area contributed by atoms with Gasteiger partial charge in [-0.05, 0) is 70.8 Å². The van der Waals surface area contributed by atoms with Gasteiger partial charge in [-0.25, -0.2) is 0 Å². The number of piperidine rings is 2. The Morgan fingerprint density at radius 2 is 2.00 bits per heavy atom. The topological polar surface area (TPSA) is 35.6 Å². The summed E-state index contributed by atoms with van der Waals surface area (Å²) in [5, 5.41) is 3.13. The molecule has 0 aromatic carbocycles. The Labute approximate surface area is 134 Å². The van der Waals surface area contributed by atoms with Gasteiger partial charge in [-0.15, -0.1) is 0 Å². The van der Waals surface area contributed by atoms with Gasteiger partial charge in [-0.2, -0.15) is 11.8 Å². The highest BCUT2D eigenvalue weighted by molar-refractivity contribution is 7.98. The minimum Gasteiger partial charge on any atom is -0.356 e. The second-order valence-electron chi connectivity index (χ2n) is 6.51. The van der Waals surface area contributed by atoms with E-state index in [1.54, 1.807) is 0 Å². The summed E-state index contributed by atoms with van der Waals surface area (Å²) in [6, 6.07) is 0.702. The molecule has 1 atom stereocenters. The number of hydrogen-bond donors (Lipinski definition) is 1. The van der Waals surface area contributed by atoms with Crippen molar-refractivity contribution in [3.63, 3.8) is 0 Å². The van der Waals surface area contributed by atoms with E-state index >= 15 is 0 Å². The number of rotatable bonds is 6. The van der Waals surface area contributed by atoms with Crippen molar-refractivity contribution in [1.82, 2.24) is 15.1 Å². The molecular formula is C16H31N3OS. The summed E-state index contributed by atoms with van der Waals surface area (Å²) in [4.78, 5) is 17.3. The van der Waals surface area contributed by atoms with E-state index in [-0.39, 0.29) is 11.8 Å². The van der Waals surface area contributed by atoms with E-state index in [0.717, 1.165) is 31.7 Å². The van der Waals surface area contributed by atoms with E-state index in [1.807, 2.05) is 11.8 Å².